The summed E-state index contributed by atoms with van der Waals surface area (Å²) in [7, 11) is 1.64. The van der Waals surface area contributed by atoms with Crippen LogP contribution in [0.1, 0.15) is 60.0 Å². The van der Waals surface area contributed by atoms with Crippen molar-refractivity contribution in [3.8, 4) is 23.0 Å². The number of anilines is 1. The lowest BCUT2D eigenvalue weighted by molar-refractivity contribution is -0.117. The molecule has 0 aliphatic carbocycles. The average Bonchev–Trinajstić information content (AvgIpc) is 3.63. The summed E-state index contributed by atoms with van der Waals surface area (Å²) in [6, 6.07) is 16.6. The molecule has 0 spiro atoms. The average molecular weight is 560 g/mol. The van der Waals surface area contributed by atoms with Crippen molar-refractivity contribution in [1.29, 1.82) is 0 Å². The zero-order valence-electron chi connectivity index (χ0n) is 24.5. The van der Waals surface area contributed by atoms with Gasteiger partial charge in [0.2, 0.25) is 18.4 Å². The lowest BCUT2D eigenvalue weighted by Crippen LogP contribution is -2.33. The van der Waals surface area contributed by atoms with Crippen LogP contribution in [0.25, 0.3) is 0 Å². The van der Waals surface area contributed by atoms with Crippen molar-refractivity contribution in [3.63, 3.8) is 0 Å². The molecule has 0 bridgehead atoms. The second kappa shape index (κ2) is 12.8. The van der Waals surface area contributed by atoms with Gasteiger partial charge in [0, 0.05) is 24.8 Å². The van der Waals surface area contributed by atoms with Crippen LogP contribution in [-0.4, -0.2) is 51.0 Å². The van der Waals surface area contributed by atoms with Gasteiger partial charge >= 0.3 is 0 Å². The molecule has 3 aromatic rings. The Kier molecular flexibility index (Phi) is 9.00. The maximum absolute atomic E-state index is 13.6. The van der Waals surface area contributed by atoms with E-state index in [4.69, 9.17) is 24.7 Å². The number of fused-ring (bicyclic) bond motifs is 1. The van der Waals surface area contributed by atoms with Gasteiger partial charge in [-0.1, -0.05) is 43.7 Å². The van der Waals surface area contributed by atoms with Gasteiger partial charge in [-0.2, -0.15) is 0 Å². The van der Waals surface area contributed by atoms with E-state index in [1.165, 1.54) is 16.7 Å². The molecule has 41 heavy (non-hydrogen) atoms. The van der Waals surface area contributed by atoms with Gasteiger partial charge < -0.3 is 30.0 Å². The van der Waals surface area contributed by atoms with Crippen molar-refractivity contribution < 1.29 is 23.7 Å². The molecule has 2 unspecified atom stereocenters. The first-order valence-electron chi connectivity index (χ1n) is 14.5. The van der Waals surface area contributed by atoms with Crippen LogP contribution in [0.15, 0.2) is 48.5 Å². The molecule has 3 aromatic carbocycles. The van der Waals surface area contributed by atoms with Crippen LogP contribution in [0.3, 0.4) is 0 Å². The van der Waals surface area contributed by atoms with Gasteiger partial charge in [-0.05, 0) is 78.6 Å². The van der Waals surface area contributed by atoms with E-state index in [9.17, 15) is 4.79 Å². The van der Waals surface area contributed by atoms with Gasteiger partial charge in [0.1, 0.15) is 12.4 Å². The number of nitrogens with two attached hydrogens (primary N) is 1. The summed E-state index contributed by atoms with van der Waals surface area (Å²) in [5.74, 6) is 2.98. The summed E-state index contributed by atoms with van der Waals surface area (Å²) < 4.78 is 22.6. The fourth-order valence-electron chi connectivity index (χ4n) is 6.04. The summed E-state index contributed by atoms with van der Waals surface area (Å²) >= 11 is 0. The lowest BCUT2D eigenvalue weighted by atomic mass is 9.93. The van der Waals surface area contributed by atoms with Crippen molar-refractivity contribution in [2.45, 2.75) is 52.0 Å². The van der Waals surface area contributed by atoms with E-state index in [1.807, 2.05) is 24.3 Å². The third-order valence-electron chi connectivity index (χ3n) is 8.03. The Balaban J connectivity index is 1.41. The Bertz CT molecular complexity index is 1350. The molecule has 0 saturated carbocycles. The molecule has 1 saturated heterocycles. The number of hydrogen-bond acceptors (Lipinski definition) is 7. The summed E-state index contributed by atoms with van der Waals surface area (Å²) in [4.78, 5) is 15.9. The molecule has 2 atom stereocenters. The molecule has 5 rings (SSSR count). The largest absolute Gasteiger partial charge is 0.493 e. The van der Waals surface area contributed by atoms with Crippen molar-refractivity contribution in [2.75, 3.05) is 45.5 Å². The van der Waals surface area contributed by atoms with Crippen LogP contribution in [0, 0.1) is 6.92 Å². The fraction of sp³-hybridized carbons (Fsp3) is 0.424. The molecule has 8 nitrogen and oxygen atoms in total. The van der Waals surface area contributed by atoms with Crippen molar-refractivity contribution >= 4 is 11.6 Å². The van der Waals surface area contributed by atoms with Crippen LogP contribution >= 0.6 is 0 Å². The van der Waals surface area contributed by atoms with Gasteiger partial charge in [-0.25, -0.2) is 0 Å². The second-order valence-electron chi connectivity index (χ2n) is 10.8. The highest BCUT2D eigenvalue weighted by atomic mass is 16.7. The van der Waals surface area contributed by atoms with E-state index in [-0.39, 0.29) is 31.2 Å². The molecule has 3 N–H and O–H groups in total. The number of benzene rings is 3. The fourth-order valence-corrected chi connectivity index (χ4v) is 6.04. The van der Waals surface area contributed by atoms with E-state index in [0.29, 0.717) is 30.4 Å². The minimum Gasteiger partial charge on any atom is -0.493 e. The van der Waals surface area contributed by atoms with Crippen molar-refractivity contribution in [1.82, 2.24) is 4.90 Å². The van der Waals surface area contributed by atoms with Crippen molar-refractivity contribution in [2.24, 2.45) is 5.73 Å². The molecular formula is C33H41N3O5. The summed E-state index contributed by atoms with van der Waals surface area (Å²) in [5, 5.41) is 3.28. The number of likely N-dealkylation sites (tertiary alicyclic amines) is 1. The molecule has 2 heterocycles. The van der Waals surface area contributed by atoms with E-state index < -0.39 is 0 Å². The number of carbonyl (C=O) groups excluding carboxylic acids is 1. The minimum atomic E-state index is -0.00457. The van der Waals surface area contributed by atoms with E-state index in [0.717, 1.165) is 48.4 Å². The maximum Gasteiger partial charge on any atom is 0.238 e. The molecule has 0 aromatic heterocycles. The van der Waals surface area contributed by atoms with Gasteiger partial charge in [-0.15, -0.1) is 0 Å². The minimum absolute atomic E-state index is 0.00457. The quantitative estimate of drug-likeness (QED) is 0.326. The zero-order chi connectivity index (χ0) is 28.9. The number of methoxy groups -OCH3 is 1. The van der Waals surface area contributed by atoms with Crippen LogP contribution in [0.4, 0.5) is 5.69 Å². The number of ether oxygens (including phenoxy) is 4. The molecule has 0 radical (unpaired) electrons. The van der Waals surface area contributed by atoms with Crippen molar-refractivity contribution in [3.05, 3.63) is 76.3 Å². The third-order valence-corrected chi connectivity index (χ3v) is 8.03. The second-order valence-corrected chi connectivity index (χ2v) is 10.8. The van der Waals surface area contributed by atoms with E-state index in [1.54, 1.807) is 7.11 Å². The highest BCUT2D eigenvalue weighted by molar-refractivity contribution is 5.94. The van der Waals surface area contributed by atoms with Gasteiger partial charge in [0.25, 0.3) is 0 Å². The molecule has 1 fully saturated rings. The predicted molar refractivity (Wildman–Crippen MR) is 160 cm³/mol. The van der Waals surface area contributed by atoms with Gasteiger partial charge in [-0.3, -0.25) is 9.69 Å². The lowest BCUT2D eigenvalue weighted by Gasteiger charge is -2.25. The summed E-state index contributed by atoms with van der Waals surface area (Å²) in [6.07, 6.45) is 2.58. The highest BCUT2D eigenvalue weighted by Crippen LogP contribution is 2.47. The number of amides is 1. The normalized spacial score (nSPS) is 18.0. The molecular weight excluding hydrogens is 518 g/mol. The predicted octanol–water partition coefficient (Wildman–Crippen LogP) is 5.36. The van der Waals surface area contributed by atoms with Gasteiger partial charge in [0.05, 0.1) is 13.7 Å². The summed E-state index contributed by atoms with van der Waals surface area (Å²) in [5.41, 5.74) is 12.4. The number of rotatable bonds is 11. The highest BCUT2D eigenvalue weighted by Gasteiger charge is 2.36. The maximum atomic E-state index is 13.6. The number of nitrogens with zero attached hydrogens (tertiary/aromatic N) is 1. The van der Waals surface area contributed by atoms with Crippen LogP contribution in [0.5, 0.6) is 23.0 Å². The van der Waals surface area contributed by atoms with Gasteiger partial charge in [0.15, 0.2) is 11.5 Å². The Labute approximate surface area is 242 Å². The number of carbonyl (C=O) groups is 1. The van der Waals surface area contributed by atoms with Crippen LogP contribution in [-0.2, 0) is 17.6 Å². The van der Waals surface area contributed by atoms with E-state index >= 15 is 0 Å². The van der Waals surface area contributed by atoms with Crippen LogP contribution < -0.4 is 30.0 Å². The smallest absolute Gasteiger partial charge is 0.238 e. The molecule has 1 amide bonds. The topological polar surface area (TPSA) is 95.3 Å². The van der Waals surface area contributed by atoms with E-state index in [2.05, 4.69) is 55.3 Å². The zero-order valence-corrected chi connectivity index (χ0v) is 24.5. The van der Waals surface area contributed by atoms with Crippen LogP contribution in [0.2, 0.25) is 0 Å². The first-order chi connectivity index (χ1) is 19.9. The Morgan fingerprint density at radius 3 is 2.44 bits per heavy atom. The third kappa shape index (κ3) is 6.29. The standard InChI is InChI=1S/C33H41N3O5/c1-5-22-13-21(3)14-23(6-2)32(22)35-31(37)19-36-18-26(25-16-29(38-4)33-30(17-25)40-20-41-33)15-28(36)24-7-9-27(10-8-24)39-12-11-34/h7-10,13-14,16-17,26,28H,5-6,11-12,15,18-20,34H2,1-4H3,(H,35,37). The summed E-state index contributed by atoms with van der Waals surface area (Å²) in [6.45, 7) is 8.51. The molecule has 218 valence electrons. The Hall–Kier alpha value is -3.75. The Morgan fingerprint density at radius 1 is 1.05 bits per heavy atom. The molecule has 8 heteroatoms. The molecule has 2 aliphatic heterocycles. The first-order valence-corrected chi connectivity index (χ1v) is 14.5. The molecule has 2 aliphatic rings. The SMILES string of the molecule is CCc1cc(C)cc(CC)c1NC(=O)CN1CC(c2cc(OC)c3c(c2)OCO3)CC1c1ccc(OCCN)cc1. The Morgan fingerprint density at radius 2 is 1.78 bits per heavy atom. The first kappa shape index (κ1) is 28.8. The monoisotopic (exact) mass is 559 g/mol. The number of hydrogen-bond donors (Lipinski definition) is 2. The number of nitrogens with one attached hydrogen (secondary N) is 1. The number of aryl methyl sites for hydroxylation is 3.